The fourth-order valence-corrected chi connectivity index (χ4v) is 5.74. The van der Waals surface area contributed by atoms with Crippen LogP contribution in [0.15, 0.2) is 47.4 Å². The van der Waals surface area contributed by atoms with Gasteiger partial charge in [0.15, 0.2) is 11.5 Å². The summed E-state index contributed by atoms with van der Waals surface area (Å²) in [6.45, 7) is 1.33. The SMILES string of the molecule is COc1ccc(C[C@H](NC(C)=O)C(=O)NC2CCN(S(=O)(=O)c3cccc(C(F)(F)F)c3)CC2)cc1OC. The summed E-state index contributed by atoms with van der Waals surface area (Å²) in [4.78, 5) is 24.4. The first kappa shape index (κ1) is 29.2. The number of alkyl halides is 3. The molecule has 0 aromatic heterocycles. The van der Waals surface area contributed by atoms with Crippen LogP contribution in [0.5, 0.6) is 11.5 Å². The highest BCUT2D eigenvalue weighted by atomic mass is 32.2. The maximum atomic E-state index is 13.0. The first-order valence-electron chi connectivity index (χ1n) is 11.8. The third-order valence-electron chi connectivity index (χ3n) is 6.18. The van der Waals surface area contributed by atoms with Crippen LogP contribution in [0.1, 0.15) is 30.9 Å². The fourth-order valence-electron chi connectivity index (χ4n) is 4.22. The molecule has 0 radical (unpaired) electrons. The van der Waals surface area contributed by atoms with Gasteiger partial charge in [-0.15, -0.1) is 0 Å². The largest absolute Gasteiger partial charge is 0.493 e. The lowest BCUT2D eigenvalue weighted by Crippen LogP contribution is -2.53. The molecule has 1 heterocycles. The average Bonchev–Trinajstić information content (AvgIpc) is 2.87. The van der Waals surface area contributed by atoms with Gasteiger partial charge in [-0.3, -0.25) is 9.59 Å². The number of halogens is 3. The van der Waals surface area contributed by atoms with Gasteiger partial charge in [-0.25, -0.2) is 8.42 Å². The Balaban J connectivity index is 1.65. The number of piperidine rings is 1. The molecule has 38 heavy (non-hydrogen) atoms. The lowest BCUT2D eigenvalue weighted by atomic mass is 10.0. The van der Waals surface area contributed by atoms with E-state index in [1.807, 2.05) is 0 Å². The zero-order chi connectivity index (χ0) is 28.1. The molecule has 2 aromatic carbocycles. The van der Waals surface area contributed by atoms with Gasteiger partial charge in [0.25, 0.3) is 0 Å². The number of amides is 2. The zero-order valence-electron chi connectivity index (χ0n) is 21.2. The van der Waals surface area contributed by atoms with Crippen LogP contribution in [0.4, 0.5) is 13.2 Å². The normalized spacial score (nSPS) is 15.9. The summed E-state index contributed by atoms with van der Waals surface area (Å²) in [5.41, 5.74) is -0.322. The Morgan fingerprint density at radius 2 is 1.71 bits per heavy atom. The summed E-state index contributed by atoms with van der Waals surface area (Å²) in [5, 5.41) is 5.49. The van der Waals surface area contributed by atoms with E-state index in [9.17, 15) is 31.2 Å². The Morgan fingerprint density at radius 3 is 2.29 bits per heavy atom. The molecular formula is C25H30F3N3O6S. The number of rotatable bonds is 9. The molecule has 9 nitrogen and oxygen atoms in total. The molecule has 0 unspecified atom stereocenters. The summed E-state index contributed by atoms with van der Waals surface area (Å²) in [7, 11) is -1.15. The molecule has 0 bridgehead atoms. The number of hydrogen-bond donors (Lipinski definition) is 2. The molecule has 0 aliphatic carbocycles. The van der Waals surface area contributed by atoms with E-state index in [2.05, 4.69) is 10.6 Å². The molecule has 2 N–H and O–H groups in total. The van der Waals surface area contributed by atoms with E-state index in [1.165, 1.54) is 21.1 Å². The van der Waals surface area contributed by atoms with Gasteiger partial charge in [0.2, 0.25) is 21.8 Å². The number of methoxy groups -OCH3 is 2. The van der Waals surface area contributed by atoms with Crippen molar-refractivity contribution in [1.82, 2.24) is 14.9 Å². The lowest BCUT2D eigenvalue weighted by molar-refractivity contribution is -0.137. The molecule has 1 atom stereocenters. The number of carbonyl (C=O) groups excluding carboxylic acids is 2. The first-order chi connectivity index (χ1) is 17.8. The van der Waals surface area contributed by atoms with Crippen LogP contribution in [-0.2, 0) is 32.2 Å². The van der Waals surface area contributed by atoms with Crippen molar-refractivity contribution in [3.8, 4) is 11.5 Å². The van der Waals surface area contributed by atoms with Gasteiger partial charge in [0.1, 0.15) is 6.04 Å². The fraction of sp³-hybridized carbons (Fsp3) is 0.440. The van der Waals surface area contributed by atoms with Gasteiger partial charge in [0.05, 0.1) is 24.7 Å². The zero-order valence-corrected chi connectivity index (χ0v) is 22.0. The van der Waals surface area contributed by atoms with Crippen molar-refractivity contribution in [3.05, 3.63) is 53.6 Å². The van der Waals surface area contributed by atoms with Crippen LogP contribution >= 0.6 is 0 Å². The monoisotopic (exact) mass is 557 g/mol. The minimum Gasteiger partial charge on any atom is -0.493 e. The summed E-state index contributed by atoms with van der Waals surface area (Å²) in [5.74, 6) is 0.159. The summed E-state index contributed by atoms with van der Waals surface area (Å²) >= 11 is 0. The molecule has 0 saturated carbocycles. The minimum atomic E-state index is -4.66. The van der Waals surface area contributed by atoms with Crippen molar-refractivity contribution >= 4 is 21.8 Å². The van der Waals surface area contributed by atoms with E-state index in [0.29, 0.717) is 17.6 Å². The number of nitrogens with one attached hydrogen (secondary N) is 2. The van der Waals surface area contributed by atoms with Gasteiger partial charge in [-0.05, 0) is 48.7 Å². The van der Waals surface area contributed by atoms with Crippen LogP contribution in [0.2, 0.25) is 0 Å². The maximum Gasteiger partial charge on any atom is 0.416 e. The van der Waals surface area contributed by atoms with Crippen LogP contribution in [-0.4, -0.2) is 63.9 Å². The van der Waals surface area contributed by atoms with Crippen LogP contribution in [0.25, 0.3) is 0 Å². The second-order valence-electron chi connectivity index (χ2n) is 8.86. The van der Waals surface area contributed by atoms with Crippen LogP contribution < -0.4 is 20.1 Å². The van der Waals surface area contributed by atoms with Gasteiger partial charge in [0, 0.05) is 32.5 Å². The Morgan fingerprint density at radius 1 is 1.05 bits per heavy atom. The second kappa shape index (κ2) is 12.0. The Kier molecular flexibility index (Phi) is 9.26. The summed E-state index contributed by atoms with van der Waals surface area (Å²) in [6.07, 6.45) is -3.97. The van der Waals surface area contributed by atoms with E-state index < -0.39 is 44.5 Å². The number of ether oxygens (including phenoxy) is 2. The van der Waals surface area contributed by atoms with E-state index in [-0.39, 0.29) is 38.4 Å². The Hall–Kier alpha value is -3.32. The molecule has 1 aliphatic heterocycles. The molecule has 3 rings (SSSR count). The quantitative estimate of drug-likeness (QED) is 0.490. The van der Waals surface area contributed by atoms with Gasteiger partial charge in [-0.1, -0.05) is 12.1 Å². The number of carbonyl (C=O) groups is 2. The number of hydrogen-bond acceptors (Lipinski definition) is 6. The molecule has 1 fully saturated rings. The smallest absolute Gasteiger partial charge is 0.416 e. The van der Waals surface area contributed by atoms with Crippen LogP contribution in [0, 0.1) is 0 Å². The molecule has 2 aromatic rings. The van der Waals surface area contributed by atoms with Crippen molar-refractivity contribution in [1.29, 1.82) is 0 Å². The maximum absolute atomic E-state index is 13.0. The minimum absolute atomic E-state index is 0.0179. The lowest BCUT2D eigenvalue weighted by Gasteiger charge is -2.32. The van der Waals surface area contributed by atoms with Crippen molar-refractivity contribution in [3.63, 3.8) is 0 Å². The topological polar surface area (TPSA) is 114 Å². The van der Waals surface area contributed by atoms with Crippen molar-refractivity contribution in [2.24, 2.45) is 0 Å². The average molecular weight is 558 g/mol. The summed E-state index contributed by atoms with van der Waals surface area (Å²) < 4.78 is 76.6. The number of sulfonamides is 1. The van der Waals surface area contributed by atoms with E-state index in [0.717, 1.165) is 28.1 Å². The molecule has 2 amide bonds. The molecule has 208 valence electrons. The van der Waals surface area contributed by atoms with E-state index in [4.69, 9.17) is 9.47 Å². The predicted octanol–water partition coefficient (Wildman–Crippen LogP) is 2.74. The summed E-state index contributed by atoms with van der Waals surface area (Å²) in [6, 6.07) is 7.50. The van der Waals surface area contributed by atoms with Crippen molar-refractivity contribution < 1.29 is 40.7 Å². The molecule has 13 heteroatoms. The molecular weight excluding hydrogens is 527 g/mol. The van der Waals surface area contributed by atoms with Crippen LogP contribution in [0.3, 0.4) is 0 Å². The Bertz CT molecular complexity index is 1260. The molecule has 1 aliphatic rings. The number of benzene rings is 2. The van der Waals surface area contributed by atoms with E-state index in [1.54, 1.807) is 18.2 Å². The highest BCUT2D eigenvalue weighted by Crippen LogP contribution is 2.32. The number of nitrogens with zero attached hydrogens (tertiary/aromatic N) is 1. The molecule has 1 saturated heterocycles. The van der Waals surface area contributed by atoms with Gasteiger partial charge < -0.3 is 20.1 Å². The predicted molar refractivity (Wildman–Crippen MR) is 132 cm³/mol. The highest BCUT2D eigenvalue weighted by Gasteiger charge is 2.35. The van der Waals surface area contributed by atoms with Crippen molar-refractivity contribution in [2.75, 3.05) is 27.3 Å². The van der Waals surface area contributed by atoms with Gasteiger partial charge in [-0.2, -0.15) is 17.5 Å². The Labute approximate surface area is 219 Å². The third-order valence-corrected chi connectivity index (χ3v) is 8.08. The standard InChI is InChI=1S/C25H30F3N3O6S/c1-16(32)29-21(13-17-7-8-22(36-2)23(14-17)37-3)24(33)30-19-9-11-31(12-10-19)38(34,35)20-6-4-5-18(15-20)25(26,27)28/h4-8,14-15,19,21H,9-13H2,1-3H3,(H,29,32)(H,30,33)/t21-/m0/s1. The van der Waals surface area contributed by atoms with Gasteiger partial charge >= 0.3 is 6.18 Å². The highest BCUT2D eigenvalue weighted by molar-refractivity contribution is 7.89. The second-order valence-corrected chi connectivity index (χ2v) is 10.8. The van der Waals surface area contributed by atoms with E-state index >= 15 is 0 Å². The first-order valence-corrected chi connectivity index (χ1v) is 13.2. The van der Waals surface area contributed by atoms with Crippen molar-refractivity contribution in [2.45, 2.75) is 49.3 Å². The molecule has 0 spiro atoms. The third kappa shape index (κ3) is 7.16.